The molecule has 2 aromatic carbocycles. The van der Waals surface area contributed by atoms with Gasteiger partial charge in [0.2, 0.25) is 11.8 Å². The number of benzene rings is 2. The van der Waals surface area contributed by atoms with Crippen LogP contribution in [-0.4, -0.2) is 49.5 Å². The second-order valence-corrected chi connectivity index (χ2v) is 7.21. The van der Waals surface area contributed by atoms with Gasteiger partial charge in [0.05, 0.1) is 18.1 Å². The van der Waals surface area contributed by atoms with Gasteiger partial charge in [-0.15, -0.1) is 0 Å². The SMILES string of the molecule is NC(=O)c1ccc(N2CCN(C(=O)CCOc3cccc(Cl)c3Cl)CC2)cc1. The molecular weight excluding hydrogens is 401 g/mol. The predicted molar refractivity (Wildman–Crippen MR) is 110 cm³/mol. The Hall–Kier alpha value is -2.44. The van der Waals surface area contributed by atoms with E-state index in [-0.39, 0.29) is 18.9 Å². The number of halogens is 2. The summed E-state index contributed by atoms with van der Waals surface area (Å²) in [4.78, 5) is 27.6. The molecule has 1 aliphatic heterocycles. The zero-order valence-electron chi connectivity index (χ0n) is 15.2. The molecule has 0 radical (unpaired) electrons. The molecular formula is C20H21Cl2N3O3. The first kappa shape index (κ1) is 20.3. The minimum absolute atomic E-state index is 0.0434. The van der Waals surface area contributed by atoms with E-state index in [1.165, 1.54) is 0 Å². The molecule has 6 nitrogen and oxygen atoms in total. The van der Waals surface area contributed by atoms with Crippen molar-refractivity contribution < 1.29 is 14.3 Å². The first-order chi connectivity index (χ1) is 13.5. The fourth-order valence-corrected chi connectivity index (χ4v) is 3.40. The second kappa shape index (κ2) is 9.17. The minimum atomic E-state index is -0.441. The van der Waals surface area contributed by atoms with E-state index >= 15 is 0 Å². The minimum Gasteiger partial charge on any atom is -0.491 e. The Labute approximate surface area is 173 Å². The van der Waals surface area contributed by atoms with Crippen molar-refractivity contribution >= 4 is 40.7 Å². The monoisotopic (exact) mass is 421 g/mol. The smallest absolute Gasteiger partial charge is 0.248 e. The summed E-state index contributed by atoms with van der Waals surface area (Å²) in [7, 11) is 0. The average molecular weight is 422 g/mol. The molecule has 0 spiro atoms. The van der Waals surface area contributed by atoms with Gasteiger partial charge in [-0.2, -0.15) is 0 Å². The van der Waals surface area contributed by atoms with E-state index in [9.17, 15) is 9.59 Å². The molecule has 1 saturated heterocycles. The van der Waals surface area contributed by atoms with E-state index < -0.39 is 5.91 Å². The summed E-state index contributed by atoms with van der Waals surface area (Å²) in [6.07, 6.45) is 0.274. The van der Waals surface area contributed by atoms with Crippen LogP contribution in [-0.2, 0) is 4.79 Å². The lowest BCUT2D eigenvalue weighted by molar-refractivity contribution is -0.132. The molecule has 2 N–H and O–H groups in total. The van der Waals surface area contributed by atoms with Crippen molar-refractivity contribution in [1.29, 1.82) is 0 Å². The van der Waals surface area contributed by atoms with E-state index in [1.54, 1.807) is 30.3 Å². The number of primary amides is 1. The molecule has 3 rings (SSSR count). The number of nitrogens with two attached hydrogens (primary N) is 1. The third-order valence-electron chi connectivity index (χ3n) is 4.64. The van der Waals surface area contributed by atoms with Crippen molar-refractivity contribution in [3.8, 4) is 5.75 Å². The molecule has 0 saturated carbocycles. The van der Waals surface area contributed by atoms with Crippen LogP contribution in [0.25, 0.3) is 0 Å². The van der Waals surface area contributed by atoms with Crippen LogP contribution < -0.4 is 15.4 Å². The van der Waals surface area contributed by atoms with Crippen molar-refractivity contribution in [3.05, 3.63) is 58.1 Å². The quantitative estimate of drug-likeness (QED) is 0.776. The van der Waals surface area contributed by atoms with E-state index in [2.05, 4.69) is 4.90 Å². The number of anilines is 1. The molecule has 148 valence electrons. The van der Waals surface area contributed by atoms with Gasteiger partial charge >= 0.3 is 0 Å². The standard InChI is InChI=1S/C20H21Cl2N3O3/c21-16-2-1-3-17(19(16)22)28-13-8-18(26)25-11-9-24(10-12-25)15-6-4-14(5-7-15)20(23)27/h1-7H,8-13H2,(H2,23,27). The molecule has 0 unspecified atom stereocenters. The van der Waals surface area contributed by atoms with E-state index in [0.29, 0.717) is 34.4 Å². The van der Waals surface area contributed by atoms with Crippen LogP contribution in [0, 0.1) is 0 Å². The van der Waals surface area contributed by atoms with Crippen molar-refractivity contribution in [2.24, 2.45) is 5.73 Å². The molecule has 1 heterocycles. The van der Waals surface area contributed by atoms with Crippen LogP contribution in [0.5, 0.6) is 5.75 Å². The fourth-order valence-electron chi connectivity index (χ4n) is 3.05. The summed E-state index contributed by atoms with van der Waals surface area (Å²) in [5, 5.41) is 0.776. The third kappa shape index (κ3) is 4.88. The van der Waals surface area contributed by atoms with Crippen LogP contribution in [0.1, 0.15) is 16.8 Å². The van der Waals surface area contributed by atoms with Crippen molar-refractivity contribution in [3.63, 3.8) is 0 Å². The Morgan fingerprint density at radius 1 is 1.00 bits per heavy atom. The molecule has 0 aromatic heterocycles. The number of nitrogens with zero attached hydrogens (tertiary/aromatic N) is 2. The number of hydrogen-bond donors (Lipinski definition) is 1. The van der Waals surface area contributed by atoms with Crippen LogP contribution in [0.4, 0.5) is 5.69 Å². The van der Waals surface area contributed by atoms with Crippen LogP contribution >= 0.6 is 23.2 Å². The normalized spacial score (nSPS) is 14.1. The Morgan fingerprint density at radius 2 is 1.68 bits per heavy atom. The molecule has 0 atom stereocenters. The van der Waals surface area contributed by atoms with Crippen LogP contribution in [0.2, 0.25) is 10.0 Å². The maximum absolute atomic E-state index is 12.4. The lowest BCUT2D eigenvalue weighted by atomic mass is 10.1. The van der Waals surface area contributed by atoms with Gasteiger partial charge in [0.15, 0.2) is 0 Å². The molecule has 2 aromatic rings. The summed E-state index contributed by atoms with van der Waals surface area (Å²) < 4.78 is 5.59. The first-order valence-electron chi connectivity index (χ1n) is 8.95. The van der Waals surface area contributed by atoms with Gasteiger partial charge in [-0.05, 0) is 36.4 Å². The van der Waals surface area contributed by atoms with Crippen molar-refractivity contribution in [1.82, 2.24) is 4.90 Å². The van der Waals surface area contributed by atoms with E-state index in [1.807, 2.05) is 17.0 Å². The topological polar surface area (TPSA) is 75.9 Å². The number of hydrogen-bond acceptors (Lipinski definition) is 4. The van der Waals surface area contributed by atoms with E-state index in [4.69, 9.17) is 33.7 Å². The van der Waals surface area contributed by atoms with Gasteiger partial charge in [0.1, 0.15) is 10.8 Å². The largest absolute Gasteiger partial charge is 0.491 e. The van der Waals surface area contributed by atoms with Crippen LogP contribution in [0.3, 0.4) is 0 Å². The molecule has 0 aliphatic carbocycles. The zero-order valence-corrected chi connectivity index (χ0v) is 16.7. The lowest BCUT2D eigenvalue weighted by Gasteiger charge is -2.36. The Kier molecular flexibility index (Phi) is 6.65. The number of ether oxygens (including phenoxy) is 1. The van der Waals surface area contributed by atoms with Crippen LogP contribution in [0.15, 0.2) is 42.5 Å². The molecule has 1 fully saturated rings. The number of carbonyl (C=O) groups is 2. The third-order valence-corrected chi connectivity index (χ3v) is 5.44. The summed E-state index contributed by atoms with van der Waals surface area (Å²) in [5.41, 5.74) is 6.76. The molecule has 1 aliphatic rings. The highest BCUT2D eigenvalue weighted by atomic mass is 35.5. The number of rotatable bonds is 6. The Morgan fingerprint density at radius 3 is 2.32 bits per heavy atom. The van der Waals surface area contributed by atoms with Gasteiger partial charge in [0, 0.05) is 37.4 Å². The average Bonchev–Trinajstić information content (AvgIpc) is 2.71. The highest BCUT2D eigenvalue weighted by Gasteiger charge is 2.21. The zero-order chi connectivity index (χ0) is 20.1. The molecule has 28 heavy (non-hydrogen) atoms. The molecule has 8 heteroatoms. The van der Waals surface area contributed by atoms with Gasteiger partial charge in [0.25, 0.3) is 0 Å². The van der Waals surface area contributed by atoms with Gasteiger partial charge in [-0.1, -0.05) is 29.3 Å². The molecule has 2 amide bonds. The van der Waals surface area contributed by atoms with Gasteiger partial charge in [-0.3, -0.25) is 9.59 Å². The Bertz CT molecular complexity index is 850. The highest BCUT2D eigenvalue weighted by Crippen LogP contribution is 2.31. The first-order valence-corrected chi connectivity index (χ1v) is 9.70. The van der Waals surface area contributed by atoms with E-state index in [0.717, 1.165) is 18.8 Å². The number of amides is 2. The predicted octanol–water partition coefficient (Wildman–Crippen LogP) is 3.21. The van der Waals surface area contributed by atoms with Gasteiger partial charge in [-0.25, -0.2) is 0 Å². The summed E-state index contributed by atoms with van der Waals surface area (Å²) in [6.45, 7) is 2.96. The second-order valence-electron chi connectivity index (χ2n) is 6.43. The molecule has 0 bridgehead atoms. The summed E-state index contributed by atoms with van der Waals surface area (Å²) in [5.74, 6) is 0.0799. The Balaban J connectivity index is 1.46. The lowest BCUT2D eigenvalue weighted by Crippen LogP contribution is -2.49. The van der Waals surface area contributed by atoms with Gasteiger partial charge < -0.3 is 20.3 Å². The maximum Gasteiger partial charge on any atom is 0.248 e. The number of carbonyl (C=O) groups excluding carboxylic acids is 2. The summed E-state index contributed by atoms with van der Waals surface area (Å²) >= 11 is 12.0. The number of piperazine rings is 1. The van der Waals surface area contributed by atoms with Crippen molar-refractivity contribution in [2.45, 2.75) is 6.42 Å². The maximum atomic E-state index is 12.4. The van der Waals surface area contributed by atoms with Crippen molar-refractivity contribution in [2.75, 3.05) is 37.7 Å². The fraction of sp³-hybridized carbons (Fsp3) is 0.300. The highest BCUT2D eigenvalue weighted by molar-refractivity contribution is 6.42. The summed E-state index contributed by atoms with van der Waals surface area (Å²) in [6, 6.07) is 12.3.